The van der Waals surface area contributed by atoms with Crippen LogP contribution in [-0.2, 0) is 14.8 Å². The van der Waals surface area contributed by atoms with Gasteiger partial charge in [0.15, 0.2) is 0 Å². The second-order valence-electron chi connectivity index (χ2n) is 6.02. The third kappa shape index (κ3) is 5.90. The Bertz CT molecular complexity index is 956. The molecule has 2 rings (SSSR count). The van der Waals surface area contributed by atoms with Crippen LogP contribution in [0, 0.1) is 5.82 Å². The molecule has 0 bridgehead atoms. The van der Waals surface area contributed by atoms with Gasteiger partial charge >= 0.3 is 0 Å². The number of amides is 1. The summed E-state index contributed by atoms with van der Waals surface area (Å²) < 4.78 is 45.7. The summed E-state index contributed by atoms with van der Waals surface area (Å²) in [5, 5.41) is 2.53. The topological polar surface area (TPSA) is 84.5 Å². The first kappa shape index (κ1) is 20.6. The molecule has 0 aliphatic rings. The Balaban J connectivity index is 2.22. The van der Waals surface area contributed by atoms with Gasteiger partial charge in [-0.3, -0.25) is 4.79 Å². The molecule has 2 aromatic rings. The van der Waals surface area contributed by atoms with E-state index in [1.165, 1.54) is 49.6 Å². The van der Waals surface area contributed by atoms with Gasteiger partial charge in [-0.2, -0.15) is 0 Å². The maximum atomic E-state index is 13.1. The molecule has 2 aromatic carbocycles. The second kappa shape index (κ2) is 8.79. The first-order valence-corrected chi connectivity index (χ1v) is 9.64. The summed E-state index contributed by atoms with van der Waals surface area (Å²) in [7, 11) is -2.39. The molecule has 0 saturated heterocycles. The molecule has 0 heterocycles. The van der Waals surface area contributed by atoms with Crippen molar-refractivity contribution >= 4 is 27.7 Å². The van der Waals surface area contributed by atoms with Gasteiger partial charge in [-0.15, -0.1) is 0 Å². The predicted molar refractivity (Wildman–Crippen MR) is 103 cm³/mol. The van der Waals surface area contributed by atoms with Crippen molar-refractivity contribution in [1.82, 2.24) is 4.72 Å². The Kier molecular flexibility index (Phi) is 6.70. The minimum atomic E-state index is -3.77. The molecule has 2 N–H and O–H groups in total. The maximum absolute atomic E-state index is 13.1. The summed E-state index contributed by atoms with van der Waals surface area (Å²) in [6.45, 7) is 3.43. The zero-order valence-electron chi connectivity index (χ0n) is 15.2. The van der Waals surface area contributed by atoms with Crippen molar-refractivity contribution < 1.29 is 22.3 Å². The Morgan fingerprint density at radius 3 is 2.56 bits per heavy atom. The first-order chi connectivity index (χ1) is 12.7. The number of hydrogen-bond donors (Lipinski definition) is 2. The lowest BCUT2D eigenvalue weighted by atomic mass is 10.2. The summed E-state index contributed by atoms with van der Waals surface area (Å²) >= 11 is 0. The highest BCUT2D eigenvalue weighted by atomic mass is 32.2. The van der Waals surface area contributed by atoms with E-state index in [-0.39, 0.29) is 16.7 Å². The van der Waals surface area contributed by atoms with E-state index < -0.39 is 21.7 Å². The average molecular weight is 392 g/mol. The van der Waals surface area contributed by atoms with Gasteiger partial charge in [-0.05, 0) is 55.8 Å². The number of sulfonamides is 1. The van der Waals surface area contributed by atoms with Crippen LogP contribution < -0.4 is 14.8 Å². The number of carbonyl (C=O) groups excluding carboxylic acids is 1. The molecule has 0 fully saturated rings. The highest BCUT2D eigenvalue weighted by molar-refractivity contribution is 7.89. The number of hydrogen-bond acceptors (Lipinski definition) is 4. The van der Waals surface area contributed by atoms with Crippen LogP contribution in [0.3, 0.4) is 0 Å². The number of ether oxygens (including phenoxy) is 1. The Morgan fingerprint density at radius 1 is 1.19 bits per heavy atom. The molecule has 0 aromatic heterocycles. The molecule has 0 atom stereocenters. The molecule has 0 aliphatic carbocycles. The van der Waals surface area contributed by atoms with E-state index in [1.54, 1.807) is 26.0 Å². The van der Waals surface area contributed by atoms with E-state index in [0.29, 0.717) is 11.3 Å². The number of rotatable bonds is 7. The van der Waals surface area contributed by atoms with Gasteiger partial charge in [0.2, 0.25) is 15.9 Å². The average Bonchev–Trinajstić information content (AvgIpc) is 2.58. The minimum Gasteiger partial charge on any atom is -0.495 e. The molecule has 0 spiro atoms. The van der Waals surface area contributed by atoms with Gasteiger partial charge in [0.05, 0.1) is 7.11 Å². The fourth-order valence-electron chi connectivity index (χ4n) is 2.30. The molecular weight excluding hydrogens is 371 g/mol. The fourth-order valence-corrected chi connectivity index (χ4v) is 3.76. The van der Waals surface area contributed by atoms with Crippen LogP contribution >= 0.6 is 0 Å². The van der Waals surface area contributed by atoms with E-state index in [1.807, 2.05) is 0 Å². The van der Waals surface area contributed by atoms with Gasteiger partial charge in [-0.25, -0.2) is 17.5 Å². The van der Waals surface area contributed by atoms with Gasteiger partial charge in [0.1, 0.15) is 16.5 Å². The van der Waals surface area contributed by atoms with Gasteiger partial charge in [0.25, 0.3) is 0 Å². The normalized spacial score (nSPS) is 11.7. The van der Waals surface area contributed by atoms with Crippen LogP contribution in [0.5, 0.6) is 5.75 Å². The van der Waals surface area contributed by atoms with Crippen LogP contribution in [0.25, 0.3) is 6.08 Å². The van der Waals surface area contributed by atoms with Crippen LogP contribution in [0.15, 0.2) is 53.4 Å². The Morgan fingerprint density at radius 2 is 1.93 bits per heavy atom. The lowest BCUT2D eigenvalue weighted by Gasteiger charge is -2.13. The predicted octanol–water partition coefficient (Wildman–Crippen LogP) is 3.17. The zero-order chi connectivity index (χ0) is 20.0. The Labute approximate surface area is 158 Å². The number of carbonyl (C=O) groups is 1. The maximum Gasteiger partial charge on any atom is 0.248 e. The van der Waals surface area contributed by atoms with Crippen molar-refractivity contribution in [2.24, 2.45) is 0 Å². The van der Waals surface area contributed by atoms with E-state index in [9.17, 15) is 17.6 Å². The van der Waals surface area contributed by atoms with Crippen molar-refractivity contribution in [2.75, 3.05) is 12.4 Å². The number of nitrogens with one attached hydrogen (secondary N) is 2. The number of benzene rings is 2. The van der Waals surface area contributed by atoms with Crippen molar-refractivity contribution in [2.45, 2.75) is 24.8 Å². The van der Waals surface area contributed by atoms with Crippen molar-refractivity contribution in [3.63, 3.8) is 0 Å². The lowest BCUT2D eigenvalue weighted by Crippen LogP contribution is -2.30. The van der Waals surface area contributed by atoms with Crippen LogP contribution in [0.4, 0.5) is 10.1 Å². The summed E-state index contributed by atoms with van der Waals surface area (Å²) in [6.07, 6.45) is 2.70. The lowest BCUT2D eigenvalue weighted by molar-refractivity contribution is -0.111. The van der Waals surface area contributed by atoms with Crippen LogP contribution in [-0.4, -0.2) is 27.5 Å². The molecule has 0 unspecified atom stereocenters. The molecule has 0 aliphatic heterocycles. The van der Waals surface area contributed by atoms with E-state index in [0.717, 1.165) is 0 Å². The summed E-state index contributed by atoms with van der Waals surface area (Å²) in [5.41, 5.74) is 0.818. The van der Waals surface area contributed by atoms with Crippen molar-refractivity contribution in [3.05, 3.63) is 59.9 Å². The fraction of sp³-hybridized carbons (Fsp3) is 0.211. The first-order valence-electron chi connectivity index (χ1n) is 8.16. The second-order valence-corrected chi connectivity index (χ2v) is 7.70. The molecule has 1 amide bonds. The smallest absolute Gasteiger partial charge is 0.248 e. The minimum absolute atomic E-state index is 0.0219. The standard InChI is InChI=1S/C19H21FN2O4S/c1-13(2)22-27(24,25)18-11-14(7-9-17(18)26-3)8-10-19(23)21-16-6-4-5-15(20)12-16/h4-13,22H,1-3H3,(H,21,23)/b10-8+. The third-order valence-corrected chi connectivity index (χ3v) is 5.07. The van der Waals surface area contributed by atoms with Crippen LogP contribution in [0.2, 0.25) is 0 Å². The number of methoxy groups -OCH3 is 1. The van der Waals surface area contributed by atoms with E-state index in [2.05, 4.69) is 10.0 Å². The van der Waals surface area contributed by atoms with Crippen molar-refractivity contribution in [1.29, 1.82) is 0 Å². The molecule has 8 heteroatoms. The highest BCUT2D eigenvalue weighted by Crippen LogP contribution is 2.25. The van der Waals surface area contributed by atoms with Crippen LogP contribution in [0.1, 0.15) is 19.4 Å². The summed E-state index contributed by atoms with van der Waals surface area (Å²) in [5.74, 6) is -0.731. The molecule has 0 saturated carbocycles. The van der Waals surface area contributed by atoms with E-state index in [4.69, 9.17) is 4.74 Å². The summed E-state index contributed by atoms with van der Waals surface area (Å²) in [4.78, 5) is 11.9. The SMILES string of the molecule is COc1ccc(/C=C/C(=O)Nc2cccc(F)c2)cc1S(=O)(=O)NC(C)C. The van der Waals surface area contributed by atoms with Crippen molar-refractivity contribution in [3.8, 4) is 5.75 Å². The number of anilines is 1. The molecule has 144 valence electrons. The van der Waals surface area contributed by atoms with E-state index >= 15 is 0 Å². The van der Waals surface area contributed by atoms with Gasteiger partial charge in [0, 0.05) is 17.8 Å². The largest absolute Gasteiger partial charge is 0.495 e. The molecule has 0 radical (unpaired) electrons. The molecular formula is C19H21FN2O4S. The molecule has 27 heavy (non-hydrogen) atoms. The Hall–Kier alpha value is -2.71. The third-order valence-electron chi connectivity index (χ3n) is 3.39. The monoisotopic (exact) mass is 392 g/mol. The molecule has 6 nitrogen and oxygen atoms in total. The zero-order valence-corrected chi connectivity index (χ0v) is 16.0. The van der Waals surface area contributed by atoms with Gasteiger partial charge in [-0.1, -0.05) is 12.1 Å². The quantitative estimate of drug-likeness (QED) is 0.709. The summed E-state index contributed by atoms with van der Waals surface area (Å²) in [6, 6.07) is 9.78. The van der Waals surface area contributed by atoms with Gasteiger partial charge < -0.3 is 10.1 Å². The highest BCUT2D eigenvalue weighted by Gasteiger charge is 2.20. The number of halogens is 1.